The molecule has 0 aromatic heterocycles. The Morgan fingerprint density at radius 3 is 2.92 bits per heavy atom. The first-order valence-electron chi connectivity index (χ1n) is 4.16. The highest BCUT2D eigenvalue weighted by Gasteiger charge is 2.02. The lowest BCUT2D eigenvalue weighted by molar-refractivity contribution is 0.128. The summed E-state index contributed by atoms with van der Waals surface area (Å²) in [6, 6.07) is 7.82. The van der Waals surface area contributed by atoms with E-state index in [1.165, 1.54) is 5.56 Å². The summed E-state index contributed by atoms with van der Waals surface area (Å²) in [5.41, 5.74) is 1.17. The van der Waals surface area contributed by atoms with E-state index in [2.05, 4.69) is 22.6 Å². The third-order valence-corrected chi connectivity index (χ3v) is 2.63. The van der Waals surface area contributed by atoms with E-state index in [0.29, 0.717) is 11.0 Å². The molecule has 13 heavy (non-hydrogen) atoms. The van der Waals surface area contributed by atoms with Crippen LogP contribution in [0, 0.1) is 6.92 Å². The maximum absolute atomic E-state index is 9.26. The molecule has 0 fully saturated rings. The number of aryl methyl sites for hydroxylation is 1. The van der Waals surface area contributed by atoms with Gasteiger partial charge in [-0.3, -0.25) is 0 Å². The first-order chi connectivity index (χ1) is 6.22. The number of halogens is 1. The van der Waals surface area contributed by atoms with E-state index in [4.69, 9.17) is 4.74 Å². The van der Waals surface area contributed by atoms with Crippen LogP contribution >= 0.6 is 22.6 Å². The molecule has 72 valence electrons. The van der Waals surface area contributed by atoms with Crippen LogP contribution in [0.2, 0.25) is 0 Å². The number of aliphatic hydroxyl groups excluding tert-OH is 1. The minimum Gasteiger partial charge on any atom is -0.491 e. The van der Waals surface area contributed by atoms with E-state index in [-0.39, 0.29) is 6.10 Å². The predicted molar refractivity (Wildman–Crippen MR) is 61.6 cm³/mol. The molecule has 0 spiro atoms. The number of aliphatic hydroxyl groups is 1. The highest BCUT2D eigenvalue weighted by molar-refractivity contribution is 14.1. The van der Waals surface area contributed by atoms with Gasteiger partial charge in [0.05, 0.1) is 6.10 Å². The van der Waals surface area contributed by atoms with E-state index in [0.717, 1.165) is 5.75 Å². The Morgan fingerprint density at radius 2 is 2.31 bits per heavy atom. The highest BCUT2D eigenvalue weighted by atomic mass is 127. The van der Waals surface area contributed by atoms with Gasteiger partial charge in [-0.1, -0.05) is 34.7 Å². The normalized spacial score (nSPS) is 12.5. The topological polar surface area (TPSA) is 29.5 Å². The molecule has 2 nitrogen and oxygen atoms in total. The van der Waals surface area contributed by atoms with Crippen molar-refractivity contribution in [1.82, 2.24) is 0 Å². The Morgan fingerprint density at radius 1 is 1.54 bits per heavy atom. The third kappa shape index (κ3) is 3.95. The van der Waals surface area contributed by atoms with Crippen molar-refractivity contribution in [3.63, 3.8) is 0 Å². The Bertz CT molecular complexity index is 263. The third-order valence-electron chi connectivity index (χ3n) is 1.61. The zero-order chi connectivity index (χ0) is 9.68. The van der Waals surface area contributed by atoms with Crippen LogP contribution in [0.15, 0.2) is 24.3 Å². The summed E-state index contributed by atoms with van der Waals surface area (Å²) in [6.45, 7) is 2.38. The maximum Gasteiger partial charge on any atom is 0.119 e. The van der Waals surface area contributed by atoms with Gasteiger partial charge in [0, 0.05) is 4.43 Å². The van der Waals surface area contributed by atoms with Gasteiger partial charge in [0.2, 0.25) is 0 Å². The molecule has 0 radical (unpaired) electrons. The molecule has 1 rings (SSSR count). The second kappa shape index (κ2) is 5.44. The zero-order valence-corrected chi connectivity index (χ0v) is 9.69. The second-order valence-corrected chi connectivity index (χ2v) is 3.82. The average molecular weight is 292 g/mol. The summed E-state index contributed by atoms with van der Waals surface area (Å²) in [5.74, 6) is 0.823. The molecule has 0 aliphatic heterocycles. The van der Waals surface area contributed by atoms with Gasteiger partial charge >= 0.3 is 0 Å². The molecule has 1 aromatic rings. The van der Waals surface area contributed by atoms with Crippen molar-refractivity contribution >= 4 is 22.6 Å². The molecule has 1 N–H and O–H groups in total. The van der Waals surface area contributed by atoms with E-state index in [1.807, 2.05) is 31.2 Å². The standard InChI is InChI=1S/C10H13IO2/c1-8-3-2-4-10(5-8)13-7-9(12)6-11/h2-5,9,12H,6-7H2,1H3. The lowest BCUT2D eigenvalue weighted by atomic mass is 10.2. The minimum atomic E-state index is -0.374. The van der Waals surface area contributed by atoms with Crippen LogP contribution in [0.4, 0.5) is 0 Å². The lowest BCUT2D eigenvalue weighted by Crippen LogP contribution is -2.18. The largest absolute Gasteiger partial charge is 0.491 e. The SMILES string of the molecule is Cc1cccc(OCC(O)CI)c1. The lowest BCUT2D eigenvalue weighted by Gasteiger charge is -2.09. The molecule has 3 heteroatoms. The molecule has 0 amide bonds. The summed E-state index contributed by atoms with van der Waals surface area (Å²) >= 11 is 2.13. The minimum absolute atomic E-state index is 0.367. The van der Waals surface area contributed by atoms with Crippen LogP contribution in [-0.4, -0.2) is 22.2 Å². The summed E-state index contributed by atoms with van der Waals surface area (Å²) < 4.78 is 6.08. The molecule has 1 atom stereocenters. The molecule has 0 saturated heterocycles. The van der Waals surface area contributed by atoms with Crippen LogP contribution in [0.3, 0.4) is 0 Å². The second-order valence-electron chi connectivity index (χ2n) is 2.94. The predicted octanol–water partition coefficient (Wildman–Crippen LogP) is 2.17. The summed E-state index contributed by atoms with van der Waals surface area (Å²) in [7, 11) is 0. The number of hydrogen-bond donors (Lipinski definition) is 1. The maximum atomic E-state index is 9.26. The first kappa shape index (κ1) is 10.8. The van der Waals surface area contributed by atoms with Crippen molar-refractivity contribution in [3.05, 3.63) is 29.8 Å². The van der Waals surface area contributed by atoms with Crippen molar-refractivity contribution < 1.29 is 9.84 Å². The fourth-order valence-corrected chi connectivity index (χ4v) is 1.20. The summed E-state index contributed by atoms with van der Waals surface area (Å²) in [6.07, 6.45) is -0.374. The van der Waals surface area contributed by atoms with Gasteiger partial charge in [-0.2, -0.15) is 0 Å². The van der Waals surface area contributed by atoms with E-state index >= 15 is 0 Å². The quantitative estimate of drug-likeness (QED) is 0.681. The molecule has 0 saturated carbocycles. The first-order valence-corrected chi connectivity index (χ1v) is 5.68. The number of benzene rings is 1. The summed E-state index contributed by atoms with van der Waals surface area (Å²) in [5, 5.41) is 9.26. The van der Waals surface area contributed by atoms with Gasteiger partial charge in [-0.05, 0) is 24.6 Å². The fourth-order valence-electron chi connectivity index (χ4n) is 0.942. The Kier molecular flexibility index (Phi) is 4.52. The van der Waals surface area contributed by atoms with Crippen LogP contribution in [0.5, 0.6) is 5.75 Å². The fraction of sp³-hybridized carbons (Fsp3) is 0.400. The average Bonchev–Trinajstić information content (AvgIpc) is 2.14. The van der Waals surface area contributed by atoms with Gasteiger partial charge < -0.3 is 9.84 Å². The Hall–Kier alpha value is -0.290. The van der Waals surface area contributed by atoms with Crippen LogP contribution in [0.1, 0.15) is 5.56 Å². The van der Waals surface area contributed by atoms with E-state index in [1.54, 1.807) is 0 Å². The molecule has 0 aliphatic rings. The van der Waals surface area contributed by atoms with Gasteiger partial charge in [0.1, 0.15) is 12.4 Å². The molecule has 1 unspecified atom stereocenters. The van der Waals surface area contributed by atoms with Crippen LogP contribution < -0.4 is 4.74 Å². The van der Waals surface area contributed by atoms with Crippen LogP contribution in [-0.2, 0) is 0 Å². The van der Waals surface area contributed by atoms with Crippen LogP contribution in [0.25, 0.3) is 0 Å². The number of rotatable bonds is 4. The highest BCUT2D eigenvalue weighted by Crippen LogP contribution is 2.12. The van der Waals surface area contributed by atoms with Crippen molar-refractivity contribution in [3.8, 4) is 5.75 Å². The van der Waals surface area contributed by atoms with Gasteiger partial charge in [-0.25, -0.2) is 0 Å². The number of alkyl halides is 1. The molecule has 0 aliphatic carbocycles. The summed E-state index contributed by atoms with van der Waals surface area (Å²) in [4.78, 5) is 0. The number of hydrogen-bond acceptors (Lipinski definition) is 2. The smallest absolute Gasteiger partial charge is 0.119 e. The van der Waals surface area contributed by atoms with Crippen molar-refractivity contribution in [1.29, 1.82) is 0 Å². The van der Waals surface area contributed by atoms with Gasteiger partial charge in [0.25, 0.3) is 0 Å². The molecular formula is C10H13IO2. The van der Waals surface area contributed by atoms with E-state index < -0.39 is 0 Å². The van der Waals surface area contributed by atoms with Gasteiger partial charge in [0.15, 0.2) is 0 Å². The zero-order valence-electron chi connectivity index (χ0n) is 7.53. The van der Waals surface area contributed by atoms with Crippen molar-refractivity contribution in [2.24, 2.45) is 0 Å². The molecule has 0 heterocycles. The van der Waals surface area contributed by atoms with Crippen molar-refractivity contribution in [2.45, 2.75) is 13.0 Å². The van der Waals surface area contributed by atoms with Crippen molar-refractivity contribution in [2.75, 3.05) is 11.0 Å². The molecular weight excluding hydrogens is 279 g/mol. The van der Waals surface area contributed by atoms with Gasteiger partial charge in [-0.15, -0.1) is 0 Å². The molecule has 1 aromatic carbocycles. The van der Waals surface area contributed by atoms with E-state index in [9.17, 15) is 5.11 Å². The number of ether oxygens (including phenoxy) is 1. The Balaban J connectivity index is 2.45. The molecule has 0 bridgehead atoms. The Labute approximate surface area is 92.1 Å². The monoisotopic (exact) mass is 292 g/mol.